The van der Waals surface area contributed by atoms with Crippen molar-refractivity contribution in [2.75, 3.05) is 5.32 Å². The van der Waals surface area contributed by atoms with E-state index in [1.54, 1.807) is 0 Å². The lowest BCUT2D eigenvalue weighted by Gasteiger charge is -2.07. The topological polar surface area (TPSA) is 66.7 Å². The summed E-state index contributed by atoms with van der Waals surface area (Å²) in [5.74, 6) is 1.73. The number of H-pyrrole nitrogens is 1. The van der Waals surface area contributed by atoms with Crippen LogP contribution in [-0.2, 0) is 6.54 Å². The number of anilines is 1. The Bertz CT molecular complexity index is 1090. The Morgan fingerprint density at radius 3 is 2.50 bits per heavy atom. The fourth-order valence-corrected chi connectivity index (χ4v) is 3.34. The molecule has 0 radical (unpaired) electrons. The van der Waals surface area contributed by atoms with Crippen LogP contribution < -0.4 is 5.32 Å². The molecule has 0 saturated heterocycles. The maximum atomic E-state index is 5.21. The van der Waals surface area contributed by atoms with E-state index in [0.717, 1.165) is 39.8 Å². The second kappa shape index (κ2) is 7.35. The Balaban J connectivity index is 1.50. The summed E-state index contributed by atoms with van der Waals surface area (Å²) in [5.41, 5.74) is 8.92. The average molecular weight is 372 g/mol. The number of hydrogen-bond acceptors (Lipinski definition) is 4. The Hall–Kier alpha value is -3.34. The third kappa shape index (κ3) is 3.43. The van der Waals surface area contributed by atoms with Gasteiger partial charge < -0.3 is 14.8 Å². The summed E-state index contributed by atoms with van der Waals surface area (Å²) in [7, 11) is 0. The zero-order valence-corrected chi connectivity index (χ0v) is 16.6. The summed E-state index contributed by atoms with van der Waals surface area (Å²) < 4.78 is 5.21. The molecule has 0 amide bonds. The number of rotatable bonds is 5. The molecule has 0 aliphatic heterocycles. The maximum absolute atomic E-state index is 5.21. The van der Waals surface area contributed by atoms with Crippen LogP contribution in [0.1, 0.15) is 28.1 Å². The molecule has 5 heteroatoms. The molecule has 0 aliphatic carbocycles. The molecule has 0 unspecified atom stereocenters. The van der Waals surface area contributed by atoms with E-state index in [9.17, 15) is 0 Å². The second-order valence-electron chi connectivity index (χ2n) is 7.13. The lowest BCUT2D eigenvalue weighted by molar-refractivity contribution is 0.392. The van der Waals surface area contributed by atoms with E-state index in [-0.39, 0.29) is 0 Å². The standard InChI is InChI=1S/C23H24N4O/c1-14-6-5-7-20(15(14)2)22-13-25-23(26-22)18-8-10-19(11-9-18)24-12-21-16(3)27-28-17(21)4/h5-11,13,24H,12H2,1-4H3,(H,25,26). The fraction of sp³-hybridized carbons (Fsp3) is 0.217. The van der Waals surface area contributed by atoms with E-state index in [2.05, 4.69) is 76.8 Å². The maximum Gasteiger partial charge on any atom is 0.138 e. The van der Waals surface area contributed by atoms with E-state index in [0.29, 0.717) is 6.54 Å². The minimum atomic E-state index is 0.693. The van der Waals surface area contributed by atoms with Gasteiger partial charge in [-0.3, -0.25) is 0 Å². The number of imidazole rings is 1. The van der Waals surface area contributed by atoms with Crippen LogP contribution in [0.2, 0.25) is 0 Å². The SMILES string of the molecule is Cc1cccc(-c2cnc(-c3ccc(NCc4c(C)noc4C)cc3)[nH]2)c1C. The van der Waals surface area contributed by atoms with Crippen molar-refractivity contribution in [1.82, 2.24) is 15.1 Å². The smallest absolute Gasteiger partial charge is 0.138 e. The highest BCUT2D eigenvalue weighted by atomic mass is 16.5. The Labute approximate surface area is 164 Å². The van der Waals surface area contributed by atoms with Gasteiger partial charge in [0.15, 0.2) is 0 Å². The summed E-state index contributed by atoms with van der Waals surface area (Å²) in [5, 5.41) is 7.42. The van der Waals surface area contributed by atoms with Gasteiger partial charge in [0.1, 0.15) is 11.6 Å². The molecule has 2 N–H and O–H groups in total. The molecule has 28 heavy (non-hydrogen) atoms. The molecule has 0 aliphatic rings. The van der Waals surface area contributed by atoms with Crippen LogP contribution in [0.3, 0.4) is 0 Å². The summed E-state index contributed by atoms with van der Waals surface area (Å²) in [4.78, 5) is 8.03. The molecule has 2 aromatic carbocycles. The van der Waals surface area contributed by atoms with Gasteiger partial charge >= 0.3 is 0 Å². The van der Waals surface area contributed by atoms with Crippen molar-refractivity contribution < 1.29 is 4.52 Å². The number of hydrogen-bond donors (Lipinski definition) is 2. The van der Waals surface area contributed by atoms with Gasteiger partial charge in [-0.25, -0.2) is 4.98 Å². The van der Waals surface area contributed by atoms with Crippen LogP contribution in [0, 0.1) is 27.7 Å². The number of nitrogens with zero attached hydrogens (tertiary/aromatic N) is 2. The van der Waals surface area contributed by atoms with E-state index in [4.69, 9.17) is 4.52 Å². The van der Waals surface area contributed by atoms with Crippen molar-refractivity contribution in [3.8, 4) is 22.6 Å². The Kier molecular flexibility index (Phi) is 4.74. The van der Waals surface area contributed by atoms with E-state index in [1.165, 1.54) is 16.7 Å². The molecular formula is C23H24N4O. The Morgan fingerprint density at radius 1 is 1.00 bits per heavy atom. The van der Waals surface area contributed by atoms with Gasteiger partial charge in [-0.05, 0) is 63.1 Å². The molecule has 0 saturated carbocycles. The number of aromatic nitrogens is 3. The van der Waals surface area contributed by atoms with Crippen molar-refractivity contribution in [3.05, 3.63) is 76.8 Å². The minimum Gasteiger partial charge on any atom is -0.381 e. The molecular weight excluding hydrogens is 348 g/mol. The number of nitrogens with one attached hydrogen (secondary N) is 2. The summed E-state index contributed by atoms with van der Waals surface area (Å²) in [6.07, 6.45) is 1.90. The van der Waals surface area contributed by atoms with E-state index in [1.807, 2.05) is 20.0 Å². The number of benzene rings is 2. The fourth-order valence-electron chi connectivity index (χ4n) is 3.34. The van der Waals surface area contributed by atoms with Crippen LogP contribution >= 0.6 is 0 Å². The normalized spacial score (nSPS) is 11.0. The van der Waals surface area contributed by atoms with Crippen molar-refractivity contribution in [3.63, 3.8) is 0 Å². The van der Waals surface area contributed by atoms with Crippen LogP contribution in [0.15, 0.2) is 53.2 Å². The summed E-state index contributed by atoms with van der Waals surface area (Å²) in [6.45, 7) is 8.86. The number of aryl methyl sites for hydroxylation is 3. The van der Waals surface area contributed by atoms with Gasteiger partial charge in [0.25, 0.3) is 0 Å². The molecule has 0 fully saturated rings. The number of aromatic amines is 1. The van der Waals surface area contributed by atoms with Crippen molar-refractivity contribution in [1.29, 1.82) is 0 Å². The molecule has 142 valence electrons. The first-order chi connectivity index (χ1) is 13.5. The minimum absolute atomic E-state index is 0.693. The van der Waals surface area contributed by atoms with Gasteiger partial charge in [-0.1, -0.05) is 23.4 Å². The monoisotopic (exact) mass is 372 g/mol. The average Bonchev–Trinajstić information content (AvgIpc) is 3.30. The first kappa shape index (κ1) is 18.0. The third-order valence-electron chi connectivity index (χ3n) is 5.28. The van der Waals surface area contributed by atoms with Gasteiger partial charge in [-0.15, -0.1) is 0 Å². The largest absolute Gasteiger partial charge is 0.381 e. The third-order valence-corrected chi connectivity index (χ3v) is 5.28. The first-order valence-corrected chi connectivity index (χ1v) is 9.40. The quantitative estimate of drug-likeness (QED) is 0.480. The van der Waals surface area contributed by atoms with Crippen LogP contribution in [-0.4, -0.2) is 15.1 Å². The molecule has 2 heterocycles. The molecule has 0 atom stereocenters. The zero-order chi connectivity index (χ0) is 19.7. The lowest BCUT2D eigenvalue weighted by atomic mass is 10.0. The highest BCUT2D eigenvalue weighted by Crippen LogP contribution is 2.27. The predicted molar refractivity (Wildman–Crippen MR) is 112 cm³/mol. The van der Waals surface area contributed by atoms with Crippen molar-refractivity contribution >= 4 is 5.69 Å². The van der Waals surface area contributed by atoms with Gasteiger partial charge in [0.05, 0.1) is 17.6 Å². The highest BCUT2D eigenvalue weighted by molar-refractivity contribution is 5.68. The first-order valence-electron chi connectivity index (χ1n) is 9.40. The molecule has 0 bridgehead atoms. The molecule has 2 aromatic heterocycles. The molecule has 4 aromatic rings. The summed E-state index contributed by atoms with van der Waals surface area (Å²) >= 11 is 0. The zero-order valence-electron chi connectivity index (χ0n) is 16.6. The highest BCUT2D eigenvalue weighted by Gasteiger charge is 2.10. The van der Waals surface area contributed by atoms with Gasteiger partial charge in [0.2, 0.25) is 0 Å². The predicted octanol–water partition coefficient (Wildman–Crippen LogP) is 5.58. The van der Waals surface area contributed by atoms with Crippen molar-refractivity contribution in [2.24, 2.45) is 0 Å². The molecule has 5 nitrogen and oxygen atoms in total. The summed E-state index contributed by atoms with van der Waals surface area (Å²) in [6, 6.07) is 14.6. The van der Waals surface area contributed by atoms with Crippen LogP contribution in [0.25, 0.3) is 22.6 Å². The van der Waals surface area contributed by atoms with Crippen LogP contribution in [0.4, 0.5) is 5.69 Å². The van der Waals surface area contributed by atoms with Crippen molar-refractivity contribution in [2.45, 2.75) is 34.2 Å². The van der Waals surface area contributed by atoms with Crippen LogP contribution in [0.5, 0.6) is 0 Å². The molecule has 4 rings (SSSR count). The van der Waals surface area contributed by atoms with Gasteiger partial charge in [-0.2, -0.15) is 0 Å². The lowest BCUT2D eigenvalue weighted by Crippen LogP contribution is -2.01. The molecule has 0 spiro atoms. The van der Waals surface area contributed by atoms with Gasteiger partial charge in [0, 0.05) is 28.9 Å². The van der Waals surface area contributed by atoms with E-state index >= 15 is 0 Å². The Morgan fingerprint density at radius 2 is 1.79 bits per heavy atom. The van der Waals surface area contributed by atoms with E-state index < -0.39 is 0 Å². The second-order valence-corrected chi connectivity index (χ2v) is 7.13.